The van der Waals surface area contributed by atoms with Gasteiger partial charge < -0.3 is 9.88 Å². The van der Waals surface area contributed by atoms with Gasteiger partial charge in [-0.05, 0) is 29.3 Å². The van der Waals surface area contributed by atoms with Crippen molar-refractivity contribution in [2.24, 2.45) is 0 Å². The highest BCUT2D eigenvalue weighted by Gasteiger charge is 2.12. The summed E-state index contributed by atoms with van der Waals surface area (Å²) < 4.78 is 1.63. The number of halogens is 2. The van der Waals surface area contributed by atoms with Gasteiger partial charge in [-0.15, -0.1) is 0 Å². The highest BCUT2D eigenvalue weighted by atomic mass is 35.5. The molecule has 0 aliphatic rings. The Balaban J connectivity index is 1.63. The van der Waals surface area contributed by atoms with Gasteiger partial charge in [0.2, 0.25) is 0 Å². The Kier molecular flexibility index (Phi) is 5.71. The third-order valence-corrected chi connectivity index (χ3v) is 4.27. The first kappa shape index (κ1) is 18.2. The summed E-state index contributed by atoms with van der Waals surface area (Å²) in [6.07, 6.45) is 1.75. The van der Waals surface area contributed by atoms with Crippen LogP contribution in [0.5, 0.6) is 0 Å². The number of nitrogens with one attached hydrogen (secondary N) is 1. The van der Waals surface area contributed by atoms with Crippen LogP contribution in [0.15, 0.2) is 65.6 Å². The molecule has 0 fully saturated rings. The van der Waals surface area contributed by atoms with Crippen LogP contribution in [0.2, 0.25) is 10.2 Å². The van der Waals surface area contributed by atoms with Crippen molar-refractivity contribution in [2.75, 3.05) is 0 Å². The van der Waals surface area contributed by atoms with Crippen molar-refractivity contribution in [3.63, 3.8) is 0 Å². The fraction of sp³-hybridized carbons (Fsp3) is 0.105. The van der Waals surface area contributed by atoms with E-state index in [0.717, 1.165) is 11.1 Å². The lowest BCUT2D eigenvalue weighted by atomic mass is 10.1. The molecule has 0 spiro atoms. The zero-order chi connectivity index (χ0) is 18.5. The number of aromatic nitrogens is 2. The monoisotopic (exact) mass is 387 g/mol. The first-order valence-electron chi connectivity index (χ1n) is 7.86. The second-order valence-electron chi connectivity index (χ2n) is 5.63. The molecule has 1 aromatic carbocycles. The number of amides is 1. The van der Waals surface area contributed by atoms with E-state index >= 15 is 0 Å². The maximum Gasteiger partial charge on any atom is 0.271 e. The SMILES string of the molecule is O=C(NCc1ccc(Cn2ccccc2=O)cc1)c1nc(Cl)ccc1Cl. The summed E-state index contributed by atoms with van der Waals surface area (Å²) in [5, 5.41) is 3.22. The quantitative estimate of drug-likeness (QED) is 0.681. The molecule has 0 saturated carbocycles. The Hall–Kier alpha value is -2.63. The molecule has 5 nitrogen and oxygen atoms in total. The van der Waals surface area contributed by atoms with Crippen molar-refractivity contribution in [1.82, 2.24) is 14.9 Å². The summed E-state index contributed by atoms with van der Waals surface area (Å²) in [6.45, 7) is 0.823. The number of carbonyl (C=O) groups is 1. The number of hydrogen-bond acceptors (Lipinski definition) is 3. The van der Waals surface area contributed by atoms with Crippen LogP contribution in [0.4, 0.5) is 0 Å². The van der Waals surface area contributed by atoms with Crippen LogP contribution in [-0.4, -0.2) is 15.5 Å². The van der Waals surface area contributed by atoms with Crippen LogP contribution in [0.1, 0.15) is 21.6 Å². The molecular weight excluding hydrogens is 373 g/mol. The highest BCUT2D eigenvalue weighted by molar-refractivity contribution is 6.34. The van der Waals surface area contributed by atoms with E-state index in [1.165, 1.54) is 18.2 Å². The van der Waals surface area contributed by atoms with Gasteiger partial charge in [-0.2, -0.15) is 0 Å². The van der Waals surface area contributed by atoms with E-state index in [2.05, 4.69) is 10.3 Å². The minimum Gasteiger partial charge on any atom is -0.347 e. The molecule has 1 amide bonds. The molecule has 3 rings (SSSR count). The van der Waals surface area contributed by atoms with E-state index in [9.17, 15) is 9.59 Å². The van der Waals surface area contributed by atoms with E-state index in [1.54, 1.807) is 16.8 Å². The molecular formula is C19H15Cl2N3O2. The van der Waals surface area contributed by atoms with Crippen molar-refractivity contribution in [3.8, 4) is 0 Å². The number of carbonyl (C=O) groups excluding carboxylic acids is 1. The summed E-state index contributed by atoms with van der Waals surface area (Å²) in [7, 11) is 0. The fourth-order valence-electron chi connectivity index (χ4n) is 2.39. The van der Waals surface area contributed by atoms with Crippen LogP contribution < -0.4 is 10.9 Å². The second-order valence-corrected chi connectivity index (χ2v) is 6.42. The van der Waals surface area contributed by atoms with Gasteiger partial charge in [-0.25, -0.2) is 4.98 Å². The molecule has 132 valence electrons. The van der Waals surface area contributed by atoms with Gasteiger partial charge >= 0.3 is 0 Å². The molecule has 0 atom stereocenters. The first-order chi connectivity index (χ1) is 12.5. The van der Waals surface area contributed by atoms with Crippen molar-refractivity contribution >= 4 is 29.1 Å². The summed E-state index contributed by atoms with van der Waals surface area (Å²) in [6, 6.07) is 15.8. The Labute approximate surface area is 160 Å². The third-order valence-electron chi connectivity index (χ3n) is 3.76. The second kappa shape index (κ2) is 8.17. The van der Waals surface area contributed by atoms with Crippen molar-refractivity contribution in [1.29, 1.82) is 0 Å². The topological polar surface area (TPSA) is 64.0 Å². The number of nitrogens with zero attached hydrogens (tertiary/aromatic N) is 2. The normalized spacial score (nSPS) is 10.5. The van der Waals surface area contributed by atoms with Gasteiger partial charge in [-0.1, -0.05) is 53.5 Å². The Morgan fingerprint density at radius 1 is 1.00 bits per heavy atom. The molecule has 2 aromatic heterocycles. The Bertz CT molecular complexity index is 985. The molecule has 3 aromatic rings. The van der Waals surface area contributed by atoms with E-state index in [-0.39, 0.29) is 21.4 Å². The molecule has 0 radical (unpaired) electrons. The maximum atomic E-state index is 12.2. The Morgan fingerprint density at radius 3 is 2.46 bits per heavy atom. The number of rotatable bonds is 5. The van der Waals surface area contributed by atoms with Crippen molar-refractivity contribution < 1.29 is 4.79 Å². The number of benzene rings is 1. The predicted molar refractivity (Wildman–Crippen MR) is 102 cm³/mol. The van der Waals surface area contributed by atoms with Gasteiger partial charge in [0.05, 0.1) is 11.6 Å². The minimum atomic E-state index is -0.391. The molecule has 0 aliphatic carbocycles. The third kappa shape index (κ3) is 4.50. The molecule has 0 unspecified atom stereocenters. The summed E-state index contributed by atoms with van der Waals surface area (Å²) in [5.41, 5.74) is 1.96. The largest absolute Gasteiger partial charge is 0.347 e. The van der Waals surface area contributed by atoms with E-state index in [1.807, 2.05) is 30.3 Å². The molecule has 0 aliphatic heterocycles. The smallest absolute Gasteiger partial charge is 0.271 e. The van der Waals surface area contributed by atoms with Crippen LogP contribution >= 0.6 is 23.2 Å². The van der Waals surface area contributed by atoms with Crippen molar-refractivity contribution in [3.05, 3.63) is 98.1 Å². The number of pyridine rings is 2. The molecule has 1 N–H and O–H groups in total. The molecule has 7 heteroatoms. The molecule has 0 bridgehead atoms. The first-order valence-corrected chi connectivity index (χ1v) is 8.62. The zero-order valence-electron chi connectivity index (χ0n) is 13.7. The molecule has 26 heavy (non-hydrogen) atoms. The van der Waals surface area contributed by atoms with Crippen LogP contribution in [0.3, 0.4) is 0 Å². The van der Waals surface area contributed by atoms with Crippen LogP contribution in [0.25, 0.3) is 0 Å². The van der Waals surface area contributed by atoms with Gasteiger partial charge in [0.15, 0.2) is 0 Å². The predicted octanol–water partition coefficient (Wildman–Crippen LogP) is 3.53. The lowest BCUT2D eigenvalue weighted by molar-refractivity contribution is 0.0946. The summed E-state index contributed by atoms with van der Waals surface area (Å²) in [4.78, 5) is 27.9. The van der Waals surface area contributed by atoms with Gasteiger partial charge in [-0.3, -0.25) is 9.59 Å². The molecule has 2 heterocycles. The van der Waals surface area contributed by atoms with E-state index < -0.39 is 5.91 Å². The summed E-state index contributed by atoms with van der Waals surface area (Å²) in [5.74, 6) is -0.391. The average molecular weight is 388 g/mol. The molecule has 0 saturated heterocycles. The van der Waals surface area contributed by atoms with Gasteiger partial charge in [0.25, 0.3) is 11.5 Å². The van der Waals surface area contributed by atoms with Crippen LogP contribution in [-0.2, 0) is 13.1 Å². The average Bonchev–Trinajstić information content (AvgIpc) is 2.65. The van der Waals surface area contributed by atoms with Gasteiger partial charge in [0.1, 0.15) is 10.8 Å². The lowest BCUT2D eigenvalue weighted by Gasteiger charge is -2.08. The maximum absolute atomic E-state index is 12.2. The fourth-order valence-corrected chi connectivity index (χ4v) is 2.73. The van der Waals surface area contributed by atoms with Crippen molar-refractivity contribution in [2.45, 2.75) is 13.1 Å². The van der Waals surface area contributed by atoms with Crippen LogP contribution in [0, 0.1) is 0 Å². The Morgan fingerprint density at radius 2 is 1.73 bits per heavy atom. The minimum absolute atomic E-state index is 0.0465. The highest BCUT2D eigenvalue weighted by Crippen LogP contribution is 2.16. The zero-order valence-corrected chi connectivity index (χ0v) is 15.2. The standard InChI is InChI=1S/C19H15Cl2N3O2/c20-15-8-9-16(21)23-18(15)19(26)22-11-13-4-6-14(7-5-13)12-24-10-2-1-3-17(24)25/h1-10H,11-12H2,(H,22,26). The van der Waals surface area contributed by atoms with E-state index in [0.29, 0.717) is 13.1 Å². The lowest BCUT2D eigenvalue weighted by Crippen LogP contribution is -2.24. The van der Waals surface area contributed by atoms with E-state index in [4.69, 9.17) is 23.2 Å². The number of hydrogen-bond donors (Lipinski definition) is 1. The summed E-state index contributed by atoms with van der Waals surface area (Å²) >= 11 is 11.8. The van der Waals surface area contributed by atoms with Gasteiger partial charge in [0, 0.05) is 18.8 Å².